The Kier molecular flexibility index (Phi) is 4.39. The van der Waals surface area contributed by atoms with Crippen LogP contribution in [-0.2, 0) is 19.4 Å². The first-order valence-corrected chi connectivity index (χ1v) is 10.4. The first-order chi connectivity index (χ1) is 14.1. The Morgan fingerprint density at radius 2 is 1.86 bits per heavy atom. The zero-order valence-electron chi connectivity index (χ0n) is 15.9. The maximum atomic E-state index is 13.3. The fourth-order valence-electron chi connectivity index (χ4n) is 3.84. The summed E-state index contributed by atoms with van der Waals surface area (Å²) in [4.78, 5) is 14.7. The molecule has 0 bridgehead atoms. The van der Waals surface area contributed by atoms with Crippen LogP contribution in [0.4, 0.5) is 4.39 Å². The molecule has 29 heavy (non-hydrogen) atoms. The molecule has 5 nitrogen and oxygen atoms in total. The Balaban J connectivity index is 1.54. The minimum atomic E-state index is -0.269. The zero-order chi connectivity index (χ0) is 20.0. The van der Waals surface area contributed by atoms with Gasteiger partial charge >= 0.3 is 0 Å². The van der Waals surface area contributed by atoms with Gasteiger partial charge in [0.25, 0.3) is 5.56 Å². The number of hydrogen-bond acceptors (Lipinski definition) is 4. The molecule has 0 N–H and O–H groups in total. The minimum Gasteiger partial charge on any atom is -0.268 e. The molecule has 0 aliphatic heterocycles. The maximum absolute atomic E-state index is 13.3. The van der Waals surface area contributed by atoms with E-state index in [0.717, 1.165) is 46.9 Å². The number of nitrogens with zero attached hydrogens (tertiary/aromatic N) is 4. The summed E-state index contributed by atoms with van der Waals surface area (Å²) in [5, 5.41) is 9.36. The van der Waals surface area contributed by atoms with Crippen LogP contribution in [-0.4, -0.2) is 19.6 Å². The molecule has 5 rings (SSSR count). The summed E-state index contributed by atoms with van der Waals surface area (Å²) in [6.45, 7) is 2.38. The van der Waals surface area contributed by atoms with Gasteiger partial charge in [0.2, 0.25) is 0 Å². The topological polar surface area (TPSA) is 52.7 Å². The van der Waals surface area contributed by atoms with Crippen molar-refractivity contribution >= 4 is 11.3 Å². The molecular formula is C22H19FN4OS. The van der Waals surface area contributed by atoms with Gasteiger partial charge in [-0.15, -0.1) is 11.3 Å². The van der Waals surface area contributed by atoms with E-state index in [4.69, 9.17) is 5.10 Å². The van der Waals surface area contributed by atoms with E-state index in [0.29, 0.717) is 6.54 Å². The largest absolute Gasteiger partial charge is 0.268 e. The molecule has 0 fully saturated rings. The van der Waals surface area contributed by atoms with Gasteiger partial charge in [-0.1, -0.05) is 0 Å². The first-order valence-electron chi connectivity index (χ1n) is 9.59. The van der Waals surface area contributed by atoms with Crippen molar-refractivity contribution in [3.63, 3.8) is 0 Å². The normalized spacial score (nSPS) is 13.0. The van der Waals surface area contributed by atoms with Crippen LogP contribution in [0.2, 0.25) is 0 Å². The van der Waals surface area contributed by atoms with Gasteiger partial charge in [-0.05, 0) is 74.2 Å². The standard InChI is InChI=1S/C22H19FN4OS/c1-14-5-11-21(29-14)18-10-12-22(28)26(24-18)13-19-17-3-2-4-20(17)27(25-19)16-8-6-15(23)7-9-16/h5-12H,2-4,13H2,1H3. The number of fused-ring (bicyclic) bond motifs is 1. The number of benzene rings is 1. The summed E-state index contributed by atoms with van der Waals surface area (Å²) in [6, 6.07) is 13.8. The average molecular weight is 406 g/mol. The zero-order valence-corrected chi connectivity index (χ0v) is 16.7. The fraction of sp³-hybridized carbons (Fsp3) is 0.227. The van der Waals surface area contributed by atoms with Gasteiger partial charge < -0.3 is 0 Å². The molecule has 0 saturated carbocycles. The Bertz CT molecular complexity index is 1250. The SMILES string of the molecule is Cc1ccc(-c2ccc(=O)n(Cc3nn(-c4ccc(F)cc4)c4c3CCC4)n2)s1. The minimum absolute atomic E-state index is 0.148. The highest BCUT2D eigenvalue weighted by Crippen LogP contribution is 2.29. The van der Waals surface area contributed by atoms with E-state index in [1.807, 2.05) is 16.8 Å². The van der Waals surface area contributed by atoms with Crippen LogP contribution in [0.5, 0.6) is 0 Å². The van der Waals surface area contributed by atoms with Crippen molar-refractivity contribution in [3.8, 4) is 16.3 Å². The first kappa shape index (κ1) is 18.0. The third-order valence-corrected chi connectivity index (χ3v) is 6.27. The van der Waals surface area contributed by atoms with Gasteiger partial charge in [-0.3, -0.25) is 4.79 Å². The summed E-state index contributed by atoms with van der Waals surface area (Å²) in [7, 11) is 0. The molecule has 0 unspecified atom stereocenters. The van der Waals surface area contributed by atoms with Crippen LogP contribution < -0.4 is 5.56 Å². The van der Waals surface area contributed by atoms with E-state index in [-0.39, 0.29) is 11.4 Å². The van der Waals surface area contributed by atoms with Gasteiger partial charge in [0.05, 0.1) is 22.8 Å². The summed E-state index contributed by atoms with van der Waals surface area (Å²) in [5.74, 6) is -0.269. The highest BCUT2D eigenvalue weighted by Gasteiger charge is 2.24. The van der Waals surface area contributed by atoms with Crippen molar-refractivity contribution in [3.05, 3.63) is 86.5 Å². The van der Waals surface area contributed by atoms with Crippen LogP contribution in [0.1, 0.15) is 28.2 Å². The molecule has 0 spiro atoms. The summed E-state index contributed by atoms with van der Waals surface area (Å²) in [5.41, 5.74) is 4.65. The molecule has 1 aliphatic rings. The van der Waals surface area contributed by atoms with E-state index in [9.17, 15) is 9.18 Å². The summed E-state index contributed by atoms with van der Waals surface area (Å²) < 4.78 is 16.7. The number of aryl methyl sites for hydroxylation is 1. The van der Waals surface area contributed by atoms with Crippen molar-refractivity contribution in [2.75, 3.05) is 0 Å². The number of halogens is 1. The van der Waals surface area contributed by atoms with Crippen LogP contribution in [0.25, 0.3) is 16.3 Å². The Labute approximate surface area is 171 Å². The highest BCUT2D eigenvalue weighted by molar-refractivity contribution is 7.15. The second-order valence-electron chi connectivity index (χ2n) is 7.24. The van der Waals surface area contributed by atoms with Crippen molar-refractivity contribution in [1.29, 1.82) is 0 Å². The molecule has 1 aliphatic carbocycles. The maximum Gasteiger partial charge on any atom is 0.267 e. The van der Waals surface area contributed by atoms with E-state index < -0.39 is 0 Å². The molecule has 0 radical (unpaired) electrons. The van der Waals surface area contributed by atoms with Crippen LogP contribution in [0.15, 0.2) is 53.3 Å². The third kappa shape index (κ3) is 3.31. The van der Waals surface area contributed by atoms with Crippen molar-refractivity contribution in [2.45, 2.75) is 32.7 Å². The molecule has 4 aromatic rings. The van der Waals surface area contributed by atoms with Crippen molar-refractivity contribution < 1.29 is 4.39 Å². The van der Waals surface area contributed by atoms with E-state index in [2.05, 4.69) is 12.0 Å². The monoisotopic (exact) mass is 406 g/mol. The lowest BCUT2D eigenvalue weighted by Gasteiger charge is -2.06. The van der Waals surface area contributed by atoms with Gasteiger partial charge in [0.1, 0.15) is 11.5 Å². The highest BCUT2D eigenvalue weighted by atomic mass is 32.1. The Morgan fingerprint density at radius 1 is 1.03 bits per heavy atom. The molecule has 3 aromatic heterocycles. The predicted octanol–water partition coefficient (Wildman–Crippen LogP) is 4.14. The van der Waals surface area contributed by atoms with E-state index in [1.165, 1.54) is 27.3 Å². The number of aromatic nitrogens is 4. The Morgan fingerprint density at radius 3 is 2.62 bits per heavy atom. The van der Waals surface area contributed by atoms with Gasteiger partial charge in [-0.25, -0.2) is 13.8 Å². The molecular weight excluding hydrogens is 387 g/mol. The lowest BCUT2D eigenvalue weighted by Crippen LogP contribution is -2.23. The van der Waals surface area contributed by atoms with Gasteiger partial charge in [-0.2, -0.15) is 10.2 Å². The third-order valence-electron chi connectivity index (χ3n) is 5.24. The second-order valence-corrected chi connectivity index (χ2v) is 8.53. The van der Waals surface area contributed by atoms with Crippen LogP contribution in [0.3, 0.4) is 0 Å². The van der Waals surface area contributed by atoms with Crippen molar-refractivity contribution in [1.82, 2.24) is 19.6 Å². The van der Waals surface area contributed by atoms with E-state index >= 15 is 0 Å². The fourth-order valence-corrected chi connectivity index (χ4v) is 4.68. The molecule has 146 valence electrons. The molecule has 0 amide bonds. The lowest BCUT2D eigenvalue weighted by molar-refractivity contribution is 0.616. The molecule has 7 heteroatoms. The molecule has 0 atom stereocenters. The van der Waals surface area contributed by atoms with Crippen LogP contribution >= 0.6 is 11.3 Å². The van der Waals surface area contributed by atoms with Crippen molar-refractivity contribution in [2.24, 2.45) is 0 Å². The lowest BCUT2D eigenvalue weighted by atomic mass is 10.2. The Hall–Kier alpha value is -3.06. The van der Waals surface area contributed by atoms with Gasteiger partial charge in [0.15, 0.2) is 0 Å². The van der Waals surface area contributed by atoms with Gasteiger partial charge in [0, 0.05) is 16.6 Å². The average Bonchev–Trinajstić information content (AvgIpc) is 3.42. The summed E-state index contributed by atoms with van der Waals surface area (Å²) in [6.07, 6.45) is 2.92. The number of hydrogen-bond donors (Lipinski definition) is 0. The quantitative estimate of drug-likeness (QED) is 0.512. The molecule has 3 heterocycles. The predicted molar refractivity (Wildman–Crippen MR) is 111 cm³/mol. The number of thiophene rings is 1. The smallest absolute Gasteiger partial charge is 0.267 e. The number of rotatable bonds is 4. The van der Waals surface area contributed by atoms with Crippen LogP contribution in [0, 0.1) is 12.7 Å². The summed E-state index contributed by atoms with van der Waals surface area (Å²) >= 11 is 1.66. The second kappa shape index (κ2) is 7.08. The van der Waals surface area contributed by atoms with E-state index in [1.54, 1.807) is 35.6 Å². The molecule has 0 saturated heterocycles. The molecule has 1 aromatic carbocycles.